The second kappa shape index (κ2) is 8.72. The van der Waals surface area contributed by atoms with E-state index in [1.807, 2.05) is 30.3 Å². The Hall–Kier alpha value is -2.27. The number of piperidine rings is 1. The fraction of sp³-hybridized carbons (Fsp3) is 0.450. The molecule has 1 aromatic carbocycles. The van der Waals surface area contributed by atoms with Crippen molar-refractivity contribution in [2.75, 3.05) is 19.6 Å². The van der Waals surface area contributed by atoms with Gasteiger partial charge in [0, 0.05) is 24.7 Å². The molecule has 2 aromatic rings. The Balaban J connectivity index is 1.52. The highest BCUT2D eigenvalue weighted by Gasteiger charge is 2.23. The topological polar surface area (TPSA) is 54.7 Å². The molecule has 0 saturated carbocycles. The van der Waals surface area contributed by atoms with Crippen LogP contribution < -0.4 is 10.1 Å². The number of likely N-dealkylation sites (tertiary alicyclic amines) is 1. The molecule has 1 fully saturated rings. The summed E-state index contributed by atoms with van der Waals surface area (Å²) in [5.41, 5.74) is 0.768. The van der Waals surface area contributed by atoms with Gasteiger partial charge in [0.15, 0.2) is 5.76 Å². The second-order valence-corrected chi connectivity index (χ2v) is 6.47. The SMILES string of the molecule is CCCN1CCC(NC(=O)c2occc2COc2ccccc2)CC1. The van der Waals surface area contributed by atoms with Crippen LogP contribution in [0.25, 0.3) is 0 Å². The minimum Gasteiger partial charge on any atom is -0.489 e. The third-order valence-corrected chi connectivity index (χ3v) is 4.55. The third-order valence-electron chi connectivity index (χ3n) is 4.55. The summed E-state index contributed by atoms with van der Waals surface area (Å²) in [4.78, 5) is 15.0. The predicted octanol–water partition coefficient (Wildman–Crippen LogP) is 3.46. The Labute approximate surface area is 149 Å². The van der Waals surface area contributed by atoms with Crippen molar-refractivity contribution in [1.82, 2.24) is 10.2 Å². The predicted molar refractivity (Wildman–Crippen MR) is 96.7 cm³/mol. The Morgan fingerprint density at radius 2 is 2.00 bits per heavy atom. The lowest BCUT2D eigenvalue weighted by Crippen LogP contribution is -2.44. The highest BCUT2D eigenvalue weighted by Crippen LogP contribution is 2.17. The van der Waals surface area contributed by atoms with E-state index in [2.05, 4.69) is 17.1 Å². The first kappa shape index (κ1) is 17.5. The van der Waals surface area contributed by atoms with E-state index in [4.69, 9.17) is 9.15 Å². The van der Waals surface area contributed by atoms with Crippen LogP contribution in [0.4, 0.5) is 0 Å². The lowest BCUT2D eigenvalue weighted by Gasteiger charge is -2.31. The van der Waals surface area contributed by atoms with Gasteiger partial charge in [0.1, 0.15) is 12.4 Å². The Bertz CT molecular complexity index is 661. The number of benzene rings is 1. The van der Waals surface area contributed by atoms with Gasteiger partial charge in [0.2, 0.25) is 0 Å². The van der Waals surface area contributed by atoms with Gasteiger partial charge < -0.3 is 19.4 Å². The summed E-state index contributed by atoms with van der Waals surface area (Å²) in [6, 6.07) is 11.6. The molecule has 134 valence electrons. The molecule has 0 spiro atoms. The van der Waals surface area contributed by atoms with Crippen molar-refractivity contribution in [2.24, 2.45) is 0 Å². The molecule has 0 atom stereocenters. The van der Waals surface area contributed by atoms with E-state index in [0.717, 1.165) is 43.8 Å². The monoisotopic (exact) mass is 342 g/mol. The molecule has 0 aliphatic carbocycles. The molecule has 1 N–H and O–H groups in total. The van der Waals surface area contributed by atoms with E-state index in [-0.39, 0.29) is 11.9 Å². The van der Waals surface area contributed by atoms with Crippen LogP contribution in [0.3, 0.4) is 0 Å². The molecule has 1 aliphatic rings. The average molecular weight is 342 g/mol. The summed E-state index contributed by atoms with van der Waals surface area (Å²) in [6.45, 7) is 5.74. The Morgan fingerprint density at radius 1 is 1.24 bits per heavy atom. The van der Waals surface area contributed by atoms with Crippen LogP contribution in [0.5, 0.6) is 5.75 Å². The maximum atomic E-state index is 12.5. The smallest absolute Gasteiger partial charge is 0.287 e. The minimum atomic E-state index is -0.148. The van der Waals surface area contributed by atoms with Crippen LogP contribution >= 0.6 is 0 Å². The summed E-state index contributed by atoms with van der Waals surface area (Å²) < 4.78 is 11.1. The number of carbonyl (C=O) groups is 1. The van der Waals surface area contributed by atoms with Gasteiger partial charge >= 0.3 is 0 Å². The highest BCUT2D eigenvalue weighted by molar-refractivity contribution is 5.93. The van der Waals surface area contributed by atoms with E-state index >= 15 is 0 Å². The summed E-state index contributed by atoms with van der Waals surface area (Å²) in [6.07, 6.45) is 4.70. The van der Waals surface area contributed by atoms with E-state index in [1.54, 1.807) is 12.3 Å². The molecule has 5 nitrogen and oxygen atoms in total. The highest BCUT2D eigenvalue weighted by atomic mass is 16.5. The lowest BCUT2D eigenvalue weighted by molar-refractivity contribution is 0.0879. The largest absolute Gasteiger partial charge is 0.489 e. The number of ether oxygens (including phenoxy) is 1. The first-order valence-electron chi connectivity index (χ1n) is 9.03. The number of amides is 1. The van der Waals surface area contributed by atoms with Crippen LogP contribution in [-0.4, -0.2) is 36.5 Å². The van der Waals surface area contributed by atoms with Crippen LogP contribution in [0.1, 0.15) is 42.3 Å². The Morgan fingerprint density at radius 3 is 2.72 bits per heavy atom. The molecule has 5 heteroatoms. The van der Waals surface area contributed by atoms with Gasteiger partial charge in [-0.3, -0.25) is 4.79 Å². The summed E-state index contributed by atoms with van der Waals surface area (Å²) in [5, 5.41) is 3.11. The molecule has 1 aliphatic heterocycles. The molecule has 0 radical (unpaired) electrons. The molecular weight excluding hydrogens is 316 g/mol. The van der Waals surface area contributed by atoms with Crippen molar-refractivity contribution < 1.29 is 13.9 Å². The van der Waals surface area contributed by atoms with Crippen LogP contribution in [0, 0.1) is 0 Å². The van der Waals surface area contributed by atoms with Crippen molar-refractivity contribution in [1.29, 1.82) is 0 Å². The summed E-state index contributed by atoms with van der Waals surface area (Å²) in [7, 11) is 0. The van der Waals surface area contributed by atoms with Crippen molar-refractivity contribution in [3.63, 3.8) is 0 Å². The minimum absolute atomic E-state index is 0.148. The zero-order valence-electron chi connectivity index (χ0n) is 14.7. The number of furan rings is 1. The molecule has 1 aromatic heterocycles. The molecule has 1 amide bonds. The summed E-state index contributed by atoms with van der Waals surface area (Å²) in [5.74, 6) is 0.982. The van der Waals surface area contributed by atoms with E-state index in [9.17, 15) is 4.79 Å². The van der Waals surface area contributed by atoms with Crippen LogP contribution in [-0.2, 0) is 6.61 Å². The number of para-hydroxylation sites is 1. The van der Waals surface area contributed by atoms with Gasteiger partial charge in [-0.2, -0.15) is 0 Å². The number of nitrogens with one attached hydrogen (secondary N) is 1. The number of hydrogen-bond donors (Lipinski definition) is 1. The lowest BCUT2D eigenvalue weighted by atomic mass is 10.0. The van der Waals surface area contributed by atoms with Crippen LogP contribution in [0.2, 0.25) is 0 Å². The molecule has 2 heterocycles. The number of carbonyl (C=O) groups excluding carboxylic acids is 1. The van der Waals surface area contributed by atoms with E-state index < -0.39 is 0 Å². The van der Waals surface area contributed by atoms with Crippen molar-refractivity contribution >= 4 is 5.91 Å². The molecule has 25 heavy (non-hydrogen) atoms. The normalized spacial score (nSPS) is 15.9. The standard InChI is InChI=1S/C20H26N2O3/c1-2-11-22-12-8-17(9-13-22)21-20(23)19-16(10-14-24-19)15-25-18-6-4-3-5-7-18/h3-7,10,14,17H,2,8-9,11-13,15H2,1H3,(H,21,23). The van der Waals surface area contributed by atoms with Crippen LogP contribution in [0.15, 0.2) is 47.1 Å². The Kier molecular flexibility index (Phi) is 6.12. The van der Waals surface area contributed by atoms with Gasteiger partial charge in [0.05, 0.1) is 6.26 Å². The van der Waals surface area contributed by atoms with Gasteiger partial charge in [-0.05, 0) is 44.0 Å². The zero-order chi connectivity index (χ0) is 17.5. The van der Waals surface area contributed by atoms with Gasteiger partial charge in [-0.25, -0.2) is 0 Å². The average Bonchev–Trinajstić information content (AvgIpc) is 3.11. The van der Waals surface area contributed by atoms with Gasteiger partial charge in [0.25, 0.3) is 5.91 Å². The van der Waals surface area contributed by atoms with E-state index in [1.165, 1.54) is 6.42 Å². The molecule has 0 unspecified atom stereocenters. The first-order chi connectivity index (χ1) is 12.3. The molecule has 0 bridgehead atoms. The number of rotatable bonds is 7. The summed E-state index contributed by atoms with van der Waals surface area (Å²) >= 11 is 0. The molecular formula is C20H26N2O3. The van der Waals surface area contributed by atoms with Crippen molar-refractivity contribution in [3.8, 4) is 5.75 Å². The van der Waals surface area contributed by atoms with Crippen molar-refractivity contribution in [3.05, 3.63) is 54.0 Å². The molecule has 3 rings (SSSR count). The number of hydrogen-bond acceptors (Lipinski definition) is 4. The van der Waals surface area contributed by atoms with E-state index in [0.29, 0.717) is 12.4 Å². The maximum Gasteiger partial charge on any atom is 0.287 e. The quantitative estimate of drug-likeness (QED) is 0.837. The maximum absolute atomic E-state index is 12.5. The fourth-order valence-electron chi connectivity index (χ4n) is 3.19. The zero-order valence-corrected chi connectivity index (χ0v) is 14.7. The first-order valence-corrected chi connectivity index (χ1v) is 9.03. The second-order valence-electron chi connectivity index (χ2n) is 6.47. The fourth-order valence-corrected chi connectivity index (χ4v) is 3.19. The number of nitrogens with zero attached hydrogens (tertiary/aromatic N) is 1. The van der Waals surface area contributed by atoms with Gasteiger partial charge in [-0.15, -0.1) is 0 Å². The third kappa shape index (κ3) is 4.86. The van der Waals surface area contributed by atoms with Gasteiger partial charge in [-0.1, -0.05) is 25.1 Å². The van der Waals surface area contributed by atoms with Crippen molar-refractivity contribution in [2.45, 2.75) is 38.8 Å². The molecule has 1 saturated heterocycles.